The number of hydrogen-bond donors (Lipinski definition) is 0. The molecule has 0 saturated carbocycles. The first-order chi connectivity index (χ1) is 4.97. The van der Waals surface area contributed by atoms with Crippen LogP contribution in [0, 0.1) is 0 Å². The van der Waals surface area contributed by atoms with Gasteiger partial charge in [0.25, 0.3) is 0 Å². The van der Waals surface area contributed by atoms with Gasteiger partial charge in [-0.1, -0.05) is 24.3 Å². The Bertz CT molecular complexity index is 166. The molecule has 1 heteroatoms. The molecular formula is C9H13N. The van der Waals surface area contributed by atoms with Crippen molar-refractivity contribution in [2.45, 2.75) is 18.9 Å². The van der Waals surface area contributed by atoms with Crippen molar-refractivity contribution >= 4 is 0 Å². The predicted molar refractivity (Wildman–Crippen MR) is 42.9 cm³/mol. The van der Waals surface area contributed by atoms with Gasteiger partial charge in [0.15, 0.2) is 0 Å². The van der Waals surface area contributed by atoms with Crippen molar-refractivity contribution in [3.8, 4) is 0 Å². The normalized spacial score (nSPS) is 32.2. The number of nitrogens with zero attached hydrogens (tertiary/aromatic N) is 1. The van der Waals surface area contributed by atoms with E-state index in [-0.39, 0.29) is 0 Å². The zero-order valence-corrected chi connectivity index (χ0v) is 6.16. The molecule has 1 atom stereocenters. The van der Waals surface area contributed by atoms with E-state index in [0.717, 1.165) is 6.04 Å². The van der Waals surface area contributed by atoms with Crippen LogP contribution in [0.25, 0.3) is 0 Å². The molecule has 1 nitrogen and oxygen atoms in total. The largest absolute Gasteiger partial charge is 0.297 e. The zero-order valence-electron chi connectivity index (χ0n) is 6.16. The Morgan fingerprint density at radius 2 is 2.10 bits per heavy atom. The van der Waals surface area contributed by atoms with Gasteiger partial charge in [-0.05, 0) is 25.9 Å². The highest BCUT2D eigenvalue weighted by Crippen LogP contribution is 2.17. The first-order valence-electron chi connectivity index (χ1n) is 4.04. The Labute approximate surface area is 62.0 Å². The first-order valence-corrected chi connectivity index (χ1v) is 4.04. The summed E-state index contributed by atoms with van der Waals surface area (Å²) in [5.74, 6) is 0. The van der Waals surface area contributed by atoms with Crippen molar-refractivity contribution in [2.24, 2.45) is 0 Å². The van der Waals surface area contributed by atoms with E-state index in [1.807, 2.05) is 0 Å². The van der Waals surface area contributed by atoms with Crippen LogP contribution in [0.2, 0.25) is 0 Å². The van der Waals surface area contributed by atoms with Gasteiger partial charge < -0.3 is 0 Å². The molecule has 0 aromatic carbocycles. The van der Waals surface area contributed by atoms with Gasteiger partial charge in [-0.2, -0.15) is 0 Å². The summed E-state index contributed by atoms with van der Waals surface area (Å²) in [4.78, 5) is 2.53. The fraction of sp³-hybridized carbons (Fsp3) is 0.556. The summed E-state index contributed by atoms with van der Waals surface area (Å²) in [6.45, 7) is 2.62. The second kappa shape index (κ2) is 2.59. The molecule has 2 rings (SSSR count). The van der Waals surface area contributed by atoms with Gasteiger partial charge >= 0.3 is 0 Å². The third kappa shape index (κ3) is 1.01. The molecule has 10 heavy (non-hydrogen) atoms. The number of hydrogen-bond acceptors (Lipinski definition) is 1. The van der Waals surface area contributed by atoms with E-state index in [4.69, 9.17) is 0 Å². The second-order valence-electron chi connectivity index (χ2n) is 3.01. The van der Waals surface area contributed by atoms with Crippen LogP contribution in [0.15, 0.2) is 24.3 Å². The van der Waals surface area contributed by atoms with Gasteiger partial charge in [0.2, 0.25) is 0 Å². The SMILES string of the molecule is C1=CCC(N2CCC2)C=C1. The van der Waals surface area contributed by atoms with Crippen molar-refractivity contribution in [3.05, 3.63) is 24.3 Å². The zero-order chi connectivity index (χ0) is 6.81. The van der Waals surface area contributed by atoms with E-state index in [2.05, 4.69) is 29.2 Å². The Morgan fingerprint density at radius 3 is 2.60 bits per heavy atom. The van der Waals surface area contributed by atoms with E-state index in [9.17, 15) is 0 Å². The van der Waals surface area contributed by atoms with Gasteiger partial charge in [-0.3, -0.25) is 4.90 Å². The summed E-state index contributed by atoms with van der Waals surface area (Å²) in [6.07, 6.45) is 11.5. The summed E-state index contributed by atoms with van der Waals surface area (Å²) in [5, 5.41) is 0. The molecule has 54 valence electrons. The Hall–Kier alpha value is -0.560. The average molecular weight is 135 g/mol. The van der Waals surface area contributed by atoms with Crippen LogP contribution in [0.3, 0.4) is 0 Å². The van der Waals surface area contributed by atoms with Gasteiger partial charge in [0.05, 0.1) is 0 Å². The van der Waals surface area contributed by atoms with E-state index >= 15 is 0 Å². The standard InChI is InChI=1S/C9H13N/c1-2-5-9(6-3-1)10-7-4-8-10/h1-3,5,9H,4,6-8H2. The molecule has 1 fully saturated rings. The second-order valence-corrected chi connectivity index (χ2v) is 3.01. The molecule has 1 unspecified atom stereocenters. The number of rotatable bonds is 1. The molecule has 1 aliphatic carbocycles. The summed E-state index contributed by atoms with van der Waals surface area (Å²) >= 11 is 0. The lowest BCUT2D eigenvalue weighted by Gasteiger charge is -2.37. The quantitative estimate of drug-likeness (QED) is 0.527. The minimum atomic E-state index is 0.721. The third-order valence-electron chi connectivity index (χ3n) is 2.32. The molecule has 1 heterocycles. The van der Waals surface area contributed by atoms with Crippen molar-refractivity contribution in [3.63, 3.8) is 0 Å². The number of allylic oxidation sites excluding steroid dienone is 2. The summed E-state index contributed by atoms with van der Waals surface area (Å²) in [6, 6.07) is 0.721. The van der Waals surface area contributed by atoms with Gasteiger partial charge in [-0.25, -0.2) is 0 Å². The smallest absolute Gasteiger partial charge is 0.0315 e. The molecule has 0 aromatic rings. The summed E-state index contributed by atoms with van der Waals surface area (Å²) < 4.78 is 0. The van der Waals surface area contributed by atoms with E-state index in [1.54, 1.807) is 0 Å². The minimum Gasteiger partial charge on any atom is -0.297 e. The van der Waals surface area contributed by atoms with Crippen LogP contribution in [0.4, 0.5) is 0 Å². The average Bonchev–Trinajstić information content (AvgIpc) is 1.86. The summed E-state index contributed by atoms with van der Waals surface area (Å²) in [5.41, 5.74) is 0. The first kappa shape index (κ1) is 6.17. The lowest BCUT2D eigenvalue weighted by Crippen LogP contribution is -2.44. The fourth-order valence-corrected chi connectivity index (χ4v) is 1.51. The molecular weight excluding hydrogens is 122 g/mol. The van der Waals surface area contributed by atoms with Gasteiger partial charge in [0, 0.05) is 6.04 Å². The Kier molecular flexibility index (Phi) is 1.60. The molecule has 0 aromatic heterocycles. The molecule has 0 amide bonds. The molecule has 0 spiro atoms. The predicted octanol–water partition coefficient (Wildman–Crippen LogP) is 1.58. The molecule has 0 radical (unpaired) electrons. The van der Waals surface area contributed by atoms with E-state index in [1.165, 1.54) is 25.9 Å². The molecule has 0 N–H and O–H groups in total. The topological polar surface area (TPSA) is 3.24 Å². The van der Waals surface area contributed by atoms with Gasteiger partial charge in [0.1, 0.15) is 0 Å². The Morgan fingerprint density at radius 1 is 1.20 bits per heavy atom. The minimum absolute atomic E-state index is 0.721. The highest BCUT2D eigenvalue weighted by atomic mass is 15.2. The van der Waals surface area contributed by atoms with Crippen LogP contribution in [0.1, 0.15) is 12.8 Å². The Balaban J connectivity index is 1.92. The van der Waals surface area contributed by atoms with Gasteiger partial charge in [-0.15, -0.1) is 0 Å². The van der Waals surface area contributed by atoms with Crippen LogP contribution >= 0.6 is 0 Å². The number of likely N-dealkylation sites (tertiary alicyclic amines) is 1. The van der Waals surface area contributed by atoms with E-state index < -0.39 is 0 Å². The molecule has 0 bridgehead atoms. The van der Waals surface area contributed by atoms with E-state index in [0.29, 0.717) is 0 Å². The van der Waals surface area contributed by atoms with Crippen LogP contribution in [0.5, 0.6) is 0 Å². The fourth-order valence-electron chi connectivity index (χ4n) is 1.51. The van der Waals surface area contributed by atoms with Crippen LogP contribution in [-0.4, -0.2) is 24.0 Å². The maximum Gasteiger partial charge on any atom is 0.0315 e. The lowest BCUT2D eigenvalue weighted by atomic mass is 10.0. The highest BCUT2D eigenvalue weighted by molar-refractivity contribution is 5.14. The van der Waals surface area contributed by atoms with Crippen molar-refractivity contribution in [1.82, 2.24) is 4.90 Å². The van der Waals surface area contributed by atoms with Crippen LogP contribution < -0.4 is 0 Å². The highest BCUT2D eigenvalue weighted by Gasteiger charge is 2.20. The maximum atomic E-state index is 2.53. The summed E-state index contributed by atoms with van der Waals surface area (Å²) in [7, 11) is 0. The maximum absolute atomic E-state index is 2.53. The van der Waals surface area contributed by atoms with Crippen molar-refractivity contribution in [2.75, 3.05) is 13.1 Å². The molecule has 1 aliphatic heterocycles. The lowest BCUT2D eigenvalue weighted by molar-refractivity contribution is 0.144. The van der Waals surface area contributed by atoms with Crippen molar-refractivity contribution in [1.29, 1.82) is 0 Å². The molecule has 1 saturated heterocycles. The molecule has 2 aliphatic rings. The third-order valence-corrected chi connectivity index (χ3v) is 2.32. The van der Waals surface area contributed by atoms with Crippen molar-refractivity contribution < 1.29 is 0 Å². The van der Waals surface area contributed by atoms with Crippen LogP contribution in [-0.2, 0) is 0 Å². The monoisotopic (exact) mass is 135 g/mol.